The highest BCUT2D eigenvalue weighted by Crippen LogP contribution is 2.23. The number of halogens is 2. The van der Waals surface area contributed by atoms with Crippen LogP contribution in [0.25, 0.3) is 0 Å². The van der Waals surface area contributed by atoms with Crippen LogP contribution in [0, 0.1) is 0 Å². The van der Waals surface area contributed by atoms with Crippen molar-refractivity contribution in [3.63, 3.8) is 0 Å². The third kappa shape index (κ3) is 5.03. The molecule has 2 aromatic carbocycles. The van der Waals surface area contributed by atoms with Gasteiger partial charge in [-0.2, -0.15) is 8.42 Å². The number of para-hydroxylation sites is 1. The van der Waals surface area contributed by atoms with Gasteiger partial charge >= 0.3 is 10.1 Å². The molecule has 124 valence electrons. The summed E-state index contributed by atoms with van der Waals surface area (Å²) in [4.78, 5) is 2.02. The zero-order valence-corrected chi connectivity index (χ0v) is 14.7. The van der Waals surface area contributed by atoms with Gasteiger partial charge in [-0.1, -0.05) is 24.3 Å². The molecule has 0 saturated carbocycles. The van der Waals surface area contributed by atoms with Crippen LogP contribution in [0.4, 0.5) is 5.69 Å². The molecule has 2 rings (SSSR count). The largest absolute Gasteiger partial charge is 0.379 e. The van der Waals surface area contributed by atoms with E-state index in [0.29, 0.717) is 24.8 Å². The van der Waals surface area contributed by atoms with Gasteiger partial charge in [-0.3, -0.25) is 0 Å². The molecular weight excluding hydrogens is 357 g/mol. The second kappa shape index (κ2) is 8.43. The van der Waals surface area contributed by atoms with Gasteiger partial charge in [0.1, 0.15) is 10.6 Å². The normalized spacial score (nSPS) is 11.2. The monoisotopic (exact) mass is 373 g/mol. The molecule has 0 bridgehead atoms. The minimum atomic E-state index is -3.89. The van der Waals surface area contributed by atoms with E-state index in [9.17, 15) is 8.42 Å². The predicted octanol–water partition coefficient (Wildman–Crippen LogP) is 3.74. The SMILES string of the molecule is O=S(=O)(Oc1ccccc1)c1cccc(N(CCCl)CCCl)c1. The first-order chi connectivity index (χ1) is 11.1. The number of nitrogens with zero attached hydrogens (tertiary/aromatic N) is 1. The first-order valence-corrected chi connectivity index (χ1v) is 9.51. The molecular formula is C16H17Cl2NO3S. The molecule has 0 unspecified atom stereocenters. The highest BCUT2D eigenvalue weighted by molar-refractivity contribution is 7.87. The molecule has 4 nitrogen and oxygen atoms in total. The highest BCUT2D eigenvalue weighted by Gasteiger charge is 2.18. The van der Waals surface area contributed by atoms with Crippen LogP contribution in [0.2, 0.25) is 0 Å². The van der Waals surface area contributed by atoms with E-state index >= 15 is 0 Å². The third-order valence-electron chi connectivity index (χ3n) is 3.13. The average Bonchev–Trinajstić information content (AvgIpc) is 2.55. The van der Waals surface area contributed by atoms with Crippen molar-refractivity contribution < 1.29 is 12.6 Å². The first-order valence-electron chi connectivity index (χ1n) is 7.03. The Labute approximate surface area is 146 Å². The maximum absolute atomic E-state index is 12.4. The van der Waals surface area contributed by atoms with E-state index in [-0.39, 0.29) is 10.6 Å². The maximum Gasteiger partial charge on any atom is 0.339 e. The molecule has 0 radical (unpaired) electrons. The molecule has 0 aliphatic carbocycles. The van der Waals surface area contributed by atoms with Crippen molar-refractivity contribution in [2.75, 3.05) is 29.7 Å². The van der Waals surface area contributed by atoms with Gasteiger partial charge in [0.2, 0.25) is 0 Å². The fourth-order valence-corrected chi connectivity index (χ4v) is 3.44. The van der Waals surface area contributed by atoms with Crippen molar-refractivity contribution in [2.24, 2.45) is 0 Å². The fraction of sp³-hybridized carbons (Fsp3) is 0.250. The van der Waals surface area contributed by atoms with E-state index in [2.05, 4.69) is 0 Å². The molecule has 0 saturated heterocycles. The Kier molecular flexibility index (Phi) is 6.57. The number of anilines is 1. The number of alkyl halides is 2. The molecule has 0 fully saturated rings. The van der Waals surface area contributed by atoms with E-state index in [0.717, 1.165) is 5.69 Å². The van der Waals surface area contributed by atoms with Gasteiger partial charge in [0, 0.05) is 30.5 Å². The molecule has 0 aliphatic heterocycles. The molecule has 0 N–H and O–H groups in total. The van der Waals surface area contributed by atoms with Gasteiger partial charge in [-0.05, 0) is 30.3 Å². The molecule has 0 aliphatic rings. The minimum Gasteiger partial charge on any atom is -0.379 e. The summed E-state index contributed by atoms with van der Waals surface area (Å²) in [6.07, 6.45) is 0. The molecule has 0 aromatic heterocycles. The van der Waals surface area contributed by atoms with Crippen molar-refractivity contribution in [3.8, 4) is 5.75 Å². The van der Waals surface area contributed by atoms with Crippen LogP contribution in [-0.2, 0) is 10.1 Å². The Balaban J connectivity index is 2.27. The summed E-state index contributed by atoms with van der Waals surface area (Å²) < 4.78 is 29.9. The first kappa shape index (κ1) is 17.9. The van der Waals surface area contributed by atoms with Crippen LogP contribution in [0.15, 0.2) is 59.5 Å². The Morgan fingerprint density at radius 1 is 0.913 bits per heavy atom. The summed E-state index contributed by atoms with van der Waals surface area (Å²) in [5, 5.41) is 0. The predicted molar refractivity (Wildman–Crippen MR) is 94.4 cm³/mol. The molecule has 0 heterocycles. The van der Waals surface area contributed by atoms with Crippen molar-refractivity contribution >= 4 is 39.0 Å². The van der Waals surface area contributed by atoms with E-state index in [1.807, 2.05) is 11.0 Å². The average molecular weight is 374 g/mol. The lowest BCUT2D eigenvalue weighted by Crippen LogP contribution is -2.27. The van der Waals surface area contributed by atoms with Crippen LogP contribution in [0.1, 0.15) is 0 Å². The Hall–Kier alpha value is -1.43. The maximum atomic E-state index is 12.4. The number of benzene rings is 2. The minimum absolute atomic E-state index is 0.0907. The van der Waals surface area contributed by atoms with Crippen LogP contribution in [0.5, 0.6) is 5.75 Å². The quantitative estimate of drug-likeness (QED) is 0.522. The van der Waals surface area contributed by atoms with Crippen molar-refractivity contribution in [1.82, 2.24) is 0 Å². The lowest BCUT2D eigenvalue weighted by Gasteiger charge is -2.23. The van der Waals surface area contributed by atoms with Crippen molar-refractivity contribution in [3.05, 3.63) is 54.6 Å². The van der Waals surface area contributed by atoms with Crippen LogP contribution >= 0.6 is 23.2 Å². The zero-order chi connectivity index (χ0) is 16.7. The standard InChI is InChI=1S/C16H17Cl2NO3S/c17-9-11-19(12-10-18)14-5-4-8-16(13-14)23(20,21)22-15-6-2-1-3-7-15/h1-8,13H,9-12H2. The summed E-state index contributed by atoms with van der Waals surface area (Å²) in [5.74, 6) is 1.12. The second-order valence-electron chi connectivity index (χ2n) is 4.71. The van der Waals surface area contributed by atoms with Gasteiger partial charge in [0.15, 0.2) is 0 Å². The number of hydrogen-bond acceptors (Lipinski definition) is 4. The Morgan fingerprint density at radius 3 is 2.17 bits per heavy atom. The van der Waals surface area contributed by atoms with Crippen LogP contribution < -0.4 is 9.08 Å². The van der Waals surface area contributed by atoms with E-state index in [4.69, 9.17) is 27.4 Å². The molecule has 2 aromatic rings. The van der Waals surface area contributed by atoms with Gasteiger partial charge in [-0.25, -0.2) is 0 Å². The van der Waals surface area contributed by atoms with Crippen molar-refractivity contribution in [2.45, 2.75) is 4.90 Å². The molecule has 23 heavy (non-hydrogen) atoms. The van der Waals surface area contributed by atoms with Gasteiger partial charge in [-0.15, -0.1) is 23.2 Å². The number of rotatable bonds is 8. The molecule has 7 heteroatoms. The zero-order valence-electron chi connectivity index (χ0n) is 12.4. The van der Waals surface area contributed by atoms with E-state index in [1.54, 1.807) is 42.5 Å². The second-order valence-corrected chi connectivity index (χ2v) is 7.02. The highest BCUT2D eigenvalue weighted by atomic mass is 35.5. The smallest absolute Gasteiger partial charge is 0.339 e. The Bertz CT molecular complexity index is 717. The van der Waals surface area contributed by atoms with Gasteiger partial charge in [0.05, 0.1) is 0 Å². The van der Waals surface area contributed by atoms with Gasteiger partial charge < -0.3 is 9.08 Å². The summed E-state index contributed by atoms with van der Waals surface area (Å²) in [6, 6.07) is 15.0. The summed E-state index contributed by atoms with van der Waals surface area (Å²) in [6.45, 7) is 1.16. The van der Waals surface area contributed by atoms with E-state index < -0.39 is 10.1 Å². The molecule has 0 atom stereocenters. The third-order valence-corrected chi connectivity index (χ3v) is 4.71. The number of hydrogen-bond donors (Lipinski definition) is 0. The lowest BCUT2D eigenvalue weighted by molar-refractivity contribution is 0.486. The van der Waals surface area contributed by atoms with Crippen LogP contribution in [-0.4, -0.2) is 33.3 Å². The van der Waals surface area contributed by atoms with Crippen molar-refractivity contribution in [1.29, 1.82) is 0 Å². The molecule has 0 amide bonds. The van der Waals surface area contributed by atoms with E-state index in [1.165, 1.54) is 6.07 Å². The van der Waals surface area contributed by atoms with Gasteiger partial charge in [0.25, 0.3) is 0 Å². The topological polar surface area (TPSA) is 46.6 Å². The summed E-state index contributed by atoms with van der Waals surface area (Å²) in [5.41, 5.74) is 0.740. The summed E-state index contributed by atoms with van der Waals surface area (Å²) >= 11 is 11.6. The lowest BCUT2D eigenvalue weighted by atomic mass is 10.3. The fourth-order valence-electron chi connectivity index (χ4n) is 2.06. The Morgan fingerprint density at radius 2 is 1.57 bits per heavy atom. The summed E-state index contributed by atoms with van der Waals surface area (Å²) in [7, 11) is -3.89. The molecule has 0 spiro atoms. The van der Waals surface area contributed by atoms with Crippen LogP contribution in [0.3, 0.4) is 0 Å².